The fraction of sp³-hybridized carbons (Fsp3) is 0.522. The molecule has 0 unspecified atom stereocenters. The summed E-state index contributed by atoms with van der Waals surface area (Å²) in [6, 6.07) is 10.2. The number of hydrogen-bond acceptors (Lipinski definition) is 4. The highest BCUT2D eigenvalue weighted by Crippen LogP contribution is 2.28. The maximum Gasteiger partial charge on any atom is 0.289 e. The van der Waals surface area contributed by atoms with Gasteiger partial charge < -0.3 is 19.4 Å². The predicted octanol–water partition coefficient (Wildman–Crippen LogP) is 4.50. The van der Waals surface area contributed by atoms with Crippen molar-refractivity contribution in [1.29, 1.82) is 0 Å². The molecule has 1 saturated carbocycles. The minimum absolute atomic E-state index is 0. The summed E-state index contributed by atoms with van der Waals surface area (Å²) in [5, 5.41) is 3.65. The van der Waals surface area contributed by atoms with Crippen molar-refractivity contribution in [3.05, 3.63) is 53.0 Å². The van der Waals surface area contributed by atoms with Gasteiger partial charge in [-0.3, -0.25) is 4.79 Å². The van der Waals surface area contributed by atoms with Crippen LogP contribution in [0, 0.1) is 19.8 Å². The third kappa shape index (κ3) is 5.77. The molecule has 29 heavy (non-hydrogen) atoms. The molecule has 2 aliphatic rings. The number of carbonyl (C=O) groups excluding carboxylic acids is 1. The first-order valence-electron chi connectivity index (χ1n) is 10.4. The van der Waals surface area contributed by atoms with Gasteiger partial charge in [0.2, 0.25) is 0 Å². The number of benzene rings is 1. The minimum Gasteiger partial charge on any atom is -0.485 e. The molecule has 1 amide bonds. The topological polar surface area (TPSA) is 54.7 Å². The molecule has 4 rings (SSSR count). The molecule has 1 saturated heterocycles. The number of nitrogens with zero attached hydrogens (tertiary/aromatic N) is 1. The van der Waals surface area contributed by atoms with E-state index < -0.39 is 0 Å². The monoisotopic (exact) mass is 418 g/mol. The molecule has 1 N–H and O–H groups in total. The van der Waals surface area contributed by atoms with Crippen LogP contribution in [0.2, 0.25) is 0 Å². The summed E-state index contributed by atoms with van der Waals surface area (Å²) >= 11 is 0. The van der Waals surface area contributed by atoms with Gasteiger partial charge in [0.25, 0.3) is 5.91 Å². The smallest absolute Gasteiger partial charge is 0.289 e. The standard InChI is InChI=1S/C23H30N2O3.ClH/c1-16-3-7-21(17(2)13-16)27-15-20-6-8-22(28-20)23(26)25-11-9-19(10-12-25)24-14-18-4-5-18;/h3,6-8,13,18-19,24H,4-5,9-12,14-15H2,1-2H3;1H. The number of carbonyl (C=O) groups is 1. The lowest BCUT2D eigenvalue weighted by Gasteiger charge is -2.32. The third-order valence-electron chi connectivity index (χ3n) is 5.75. The Kier molecular flexibility index (Phi) is 7.25. The van der Waals surface area contributed by atoms with Crippen LogP contribution in [0.25, 0.3) is 0 Å². The Bertz CT molecular complexity index is 823. The Morgan fingerprint density at radius 1 is 1.14 bits per heavy atom. The van der Waals surface area contributed by atoms with Gasteiger partial charge in [0, 0.05) is 19.1 Å². The van der Waals surface area contributed by atoms with Crippen LogP contribution in [-0.2, 0) is 6.61 Å². The largest absolute Gasteiger partial charge is 0.485 e. The van der Waals surface area contributed by atoms with Gasteiger partial charge in [-0.25, -0.2) is 0 Å². The average molecular weight is 419 g/mol. The van der Waals surface area contributed by atoms with Gasteiger partial charge in [-0.05, 0) is 75.8 Å². The van der Waals surface area contributed by atoms with Gasteiger partial charge >= 0.3 is 0 Å². The Hall–Kier alpha value is -1.98. The van der Waals surface area contributed by atoms with E-state index in [2.05, 4.69) is 18.3 Å². The predicted molar refractivity (Wildman–Crippen MR) is 116 cm³/mol. The fourth-order valence-corrected chi connectivity index (χ4v) is 3.78. The maximum absolute atomic E-state index is 12.7. The zero-order chi connectivity index (χ0) is 19.5. The number of halogens is 1. The van der Waals surface area contributed by atoms with Gasteiger partial charge in [0.15, 0.2) is 5.76 Å². The summed E-state index contributed by atoms with van der Waals surface area (Å²) in [7, 11) is 0. The molecule has 2 heterocycles. The second-order valence-electron chi connectivity index (χ2n) is 8.24. The molecule has 2 aromatic rings. The maximum atomic E-state index is 12.7. The number of hydrogen-bond donors (Lipinski definition) is 1. The third-order valence-corrected chi connectivity index (χ3v) is 5.75. The molecule has 5 nitrogen and oxygen atoms in total. The average Bonchev–Trinajstić information content (AvgIpc) is 3.41. The van der Waals surface area contributed by atoms with Gasteiger partial charge in [-0.15, -0.1) is 12.4 Å². The molecule has 2 fully saturated rings. The molecule has 1 aromatic carbocycles. The van der Waals surface area contributed by atoms with E-state index in [-0.39, 0.29) is 18.3 Å². The van der Waals surface area contributed by atoms with Gasteiger partial charge in [-0.1, -0.05) is 17.7 Å². The molecule has 0 bridgehead atoms. The zero-order valence-electron chi connectivity index (χ0n) is 17.3. The summed E-state index contributed by atoms with van der Waals surface area (Å²) in [6.45, 7) is 7.13. The molecular formula is C23H31ClN2O3. The van der Waals surface area contributed by atoms with Crippen LogP contribution in [0.1, 0.15) is 53.1 Å². The number of rotatable bonds is 7. The van der Waals surface area contributed by atoms with Crippen molar-refractivity contribution in [2.24, 2.45) is 5.92 Å². The van der Waals surface area contributed by atoms with Crippen LogP contribution < -0.4 is 10.1 Å². The highest BCUT2D eigenvalue weighted by Gasteiger charge is 2.27. The summed E-state index contributed by atoms with van der Waals surface area (Å²) in [4.78, 5) is 14.6. The van der Waals surface area contributed by atoms with E-state index in [1.165, 1.54) is 18.4 Å². The molecular weight excluding hydrogens is 388 g/mol. The first-order valence-corrected chi connectivity index (χ1v) is 10.4. The number of amides is 1. The Balaban J connectivity index is 0.00000240. The lowest BCUT2D eigenvalue weighted by molar-refractivity contribution is 0.0669. The van der Waals surface area contributed by atoms with Gasteiger partial charge in [-0.2, -0.15) is 0 Å². The van der Waals surface area contributed by atoms with E-state index in [1.807, 2.05) is 30.0 Å². The molecule has 0 atom stereocenters. The van der Waals surface area contributed by atoms with Crippen LogP contribution in [0.4, 0.5) is 0 Å². The lowest BCUT2D eigenvalue weighted by Crippen LogP contribution is -2.45. The van der Waals surface area contributed by atoms with E-state index in [4.69, 9.17) is 9.15 Å². The van der Waals surface area contributed by atoms with Crippen molar-refractivity contribution >= 4 is 18.3 Å². The van der Waals surface area contributed by atoms with Crippen LogP contribution in [0.3, 0.4) is 0 Å². The highest BCUT2D eigenvalue weighted by molar-refractivity contribution is 5.91. The first-order chi connectivity index (χ1) is 13.6. The molecule has 0 radical (unpaired) electrons. The fourth-order valence-electron chi connectivity index (χ4n) is 3.78. The van der Waals surface area contributed by atoms with E-state index in [0.717, 1.165) is 49.7 Å². The molecule has 158 valence electrons. The number of aryl methyl sites for hydroxylation is 2. The Morgan fingerprint density at radius 3 is 2.59 bits per heavy atom. The molecule has 1 aliphatic carbocycles. The second kappa shape index (κ2) is 9.68. The summed E-state index contributed by atoms with van der Waals surface area (Å²) in [5.74, 6) is 2.80. The Morgan fingerprint density at radius 2 is 1.90 bits per heavy atom. The quantitative estimate of drug-likeness (QED) is 0.719. The number of furan rings is 1. The number of piperidine rings is 1. The normalized spacial score (nSPS) is 17.1. The summed E-state index contributed by atoms with van der Waals surface area (Å²) in [5.41, 5.74) is 2.31. The van der Waals surface area contributed by atoms with E-state index in [9.17, 15) is 4.79 Å². The molecule has 0 spiro atoms. The van der Waals surface area contributed by atoms with Crippen molar-refractivity contribution in [2.45, 2.75) is 52.2 Å². The van der Waals surface area contributed by atoms with E-state index >= 15 is 0 Å². The molecule has 1 aromatic heterocycles. The van der Waals surface area contributed by atoms with Crippen LogP contribution >= 0.6 is 12.4 Å². The van der Waals surface area contributed by atoms with Crippen molar-refractivity contribution < 1.29 is 13.9 Å². The minimum atomic E-state index is -0.0154. The SMILES string of the molecule is Cc1ccc(OCc2ccc(C(=O)N3CCC(NCC4CC4)CC3)o2)c(C)c1.Cl. The molecule has 1 aliphatic heterocycles. The number of likely N-dealkylation sites (tertiary alicyclic amines) is 1. The second-order valence-corrected chi connectivity index (χ2v) is 8.24. The van der Waals surface area contributed by atoms with Crippen molar-refractivity contribution in [3.63, 3.8) is 0 Å². The highest BCUT2D eigenvalue weighted by atomic mass is 35.5. The summed E-state index contributed by atoms with van der Waals surface area (Å²) < 4.78 is 11.6. The van der Waals surface area contributed by atoms with Crippen LogP contribution in [-0.4, -0.2) is 36.5 Å². The molecule has 6 heteroatoms. The Labute approximate surface area is 179 Å². The first kappa shape index (κ1) is 21.7. The van der Waals surface area contributed by atoms with E-state index in [1.54, 1.807) is 6.07 Å². The lowest BCUT2D eigenvalue weighted by atomic mass is 10.0. The number of ether oxygens (including phenoxy) is 1. The van der Waals surface area contributed by atoms with Crippen molar-refractivity contribution in [2.75, 3.05) is 19.6 Å². The van der Waals surface area contributed by atoms with E-state index in [0.29, 0.717) is 24.2 Å². The zero-order valence-corrected chi connectivity index (χ0v) is 18.1. The van der Waals surface area contributed by atoms with Crippen LogP contribution in [0.15, 0.2) is 34.7 Å². The summed E-state index contributed by atoms with van der Waals surface area (Å²) in [6.07, 6.45) is 4.78. The van der Waals surface area contributed by atoms with Gasteiger partial charge in [0.05, 0.1) is 0 Å². The van der Waals surface area contributed by atoms with Crippen molar-refractivity contribution in [3.8, 4) is 5.75 Å². The number of nitrogens with one attached hydrogen (secondary N) is 1. The van der Waals surface area contributed by atoms with Crippen molar-refractivity contribution in [1.82, 2.24) is 10.2 Å². The van der Waals surface area contributed by atoms with Crippen LogP contribution in [0.5, 0.6) is 5.75 Å². The van der Waals surface area contributed by atoms with Gasteiger partial charge in [0.1, 0.15) is 18.1 Å².